The van der Waals surface area contributed by atoms with E-state index < -0.39 is 0 Å². The van der Waals surface area contributed by atoms with Crippen molar-refractivity contribution in [3.05, 3.63) is 16.1 Å². The normalized spacial score (nSPS) is 23.2. The van der Waals surface area contributed by atoms with Crippen LogP contribution in [0.25, 0.3) is 0 Å². The molecule has 0 aliphatic carbocycles. The third-order valence-corrected chi connectivity index (χ3v) is 5.32. The molecule has 2 heterocycles. The summed E-state index contributed by atoms with van der Waals surface area (Å²) in [6, 6.07) is 0. The maximum absolute atomic E-state index is 12.4. The van der Waals surface area contributed by atoms with E-state index in [4.69, 9.17) is 0 Å². The van der Waals surface area contributed by atoms with Gasteiger partial charge in [-0.1, -0.05) is 6.92 Å². The van der Waals surface area contributed by atoms with Gasteiger partial charge >= 0.3 is 0 Å². The first-order valence-corrected chi connectivity index (χ1v) is 8.83. The largest absolute Gasteiger partial charge is 0.356 e. The van der Waals surface area contributed by atoms with Gasteiger partial charge in [-0.25, -0.2) is 4.98 Å². The molecule has 0 saturated carbocycles. The number of amides is 1. The number of carbonyl (C=O) groups is 1. The van der Waals surface area contributed by atoms with Crippen LogP contribution in [0.15, 0.2) is 5.38 Å². The van der Waals surface area contributed by atoms with Gasteiger partial charge in [0, 0.05) is 30.6 Å². The van der Waals surface area contributed by atoms with E-state index in [0.717, 1.165) is 57.6 Å². The fourth-order valence-electron chi connectivity index (χ4n) is 2.97. The Morgan fingerprint density at radius 3 is 3.05 bits per heavy atom. The standard InChI is InChI=1S/C16H27N3OS/c1-4-19-10-6-8-16(3,12-19)15(20)17-9-5-7-14-18-13(2)11-21-14/h11H,4-10,12H2,1-3H3,(H,17,20)/t16-/m1/s1. The second kappa shape index (κ2) is 7.36. The molecule has 0 unspecified atom stereocenters. The smallest absolute Gasteiger partial charge is 0.227 e. The number of nitrogens with zero attached hydrogens (tertiary/aromatic N) is 2. The summed E-state index contributed by atoms with van der Waals surface area (Å²) in [6.07, 6.45) is 4.04. The zero-order valence-electron chi connectivity index (χ0n) is 13.4. The summed E-state index contributed by atoms with van der Waals surface area (Å²) in [6.45, 7) is 10.1. The Morgan fingerprint density at radius 2 is 2.38 bits per heavy atom. The van der Waals surface area contributed by atoms with Crippen molar-refractivity contribution < 1.29 is 4.79 Å². The molecule has 1 aliphatic rings. The number of piperidine rings is 1. The van der Waals surface area contributed by atoms with Crippen molar-refractivity contribution >= 4 is 17.2 Å². The second-order valence-electron chi connectivity index (χ2n) is 6.28. The van der Waals surface area contributed by atoms with Crippen LogP contribution in [0.4, 0.5) is 0 Å². The van der Waals surface area contributed by atoms with Crippen LogP contribution in [-0.2, 0) is 11.2 Å². The van der Waals surface area contributed by atoms with E-state index in [1.54, 1.807) is 11.3 Å². The van der Waals surface area contributed by atoms with Gasteiger partial charge in [0.15, 0.2) is 0 Å². The van der Waals surface area contributed by atoms with Crippen LogP contribution in [-0.4, -0.2) is 42.0 Å². The maximum Gasteiger partial charge on any atom is 0.227 e. The molecule has 1 aromatic rings. The average molecular weight is 309 g/mol. The van der Waals surface area contributed by atoms with Gasteiger partial charge in [0.1, 0.15) is 0 Å². The van der Waals surface area contributed by atoms with Crippen LogP contribution in [0.3, 0.4) is 0 Å². The molecule has 5 heteroatoms. The summed E-state index contributed by atoms with van der Waals surface area (Å²) >= 11 is 1.71. The Labute approximate surface area is 132 Å². The molecule has 0 aromatic carbocycles. The maximum atomic E-state index is 12.4. The van der Waals surface area contributed by atoms with Crippen molar-refractivity contribution in [1.29, 1.82) is 0 Å². The number of likely N-dealkylation sites (tertiary alicyclic amines) is 1. The molecule has 1 N–H and O–H groups in total. The minimum atomic E-state index is -0.216. The lowest BCUT2D eigenvalue weighted by atomic mass is 9.81. The van der Waals surface area contributed by atoms with Gasteiger partial charge in [-0.3, -0.25) is 4.79 Å². The van der Waals surface area contributed by atoms with E-state index in [1.165, 1.54) is 5.01 Å². The molecule has 1 aromatic heterocycles. The molecule has 1 atom stereocenters. The zero-order chi connectivity index (χ0) is 15.3. The van der Waals surface area contributed by atoms with E-state index >= 15 is 0 Å². The molecule has 0 bridgehead atoms. The third-order valence-electron chi connectivity index (χ3n) is 4.29. The van der Waals surface area contributed by atoms with Gasteiger partial charge in [0.2, 0.25) is 5.91 Å². The molecule has 1 saturated heterocycles. The number of aryl methyl sites for hydroxylation is 2. The van der Waals surface area contributed by atoms with Gasteiger partial charge in [-0.05, 0) is 46.2 Å². The fraction of sp³-hybridized carbons (Fsp3) is 0.750. The zero-order valence-corrected chi connectivity index (χ0v) is 14.3. The van der Waals surface area contributed by atoms with E-state index in [9.17, 15) is 4.79 Å². The number of carbonyl (C=O) groups excluding carboxylic acids is 1. The molecule has 4 nitrogen and oxygen atoms in total. The predicted molar refractivity (Wildman–Crippen MR) is 87.6 cm³/mol. The molecular weight excluding hydrogens is 282 g/mol. The number of thiazole rings is 1. The van der Waals surface area contributed by atoms with Gasteiger partial charge in [-0.15, -0.1) is 11.3 Å². The molecule has 21 heavy (non-hydrogen) atoms. The van der Waals surface area contributed by atoms with Gasteiger partial charge < -0.3 is 10.2 Å². The molecule has 0 spiro atoms. The number of rotatable bonds is 6. The van der Waals surface area contributed by atoms with E-state index in [1.807, 2.05) is 6.92 Å². The summed E-state index contributed by atoms with van der Waals surface area (Å²) in [5.74, 6) is 0.218. The molecule has 0 radical (unpaired) electrons. The van der Waals surface area contributed by atoms with Crippen molar-refractivity contribution in [1.82, 2.24) is 15.2 Å². The number of hydrogen-bond acceptors (Lipinski definition) is 4. The second-order valence-corrected chi connectivity index (χ2v) is 7.22. The Kier molecular flexibility index (Phi) is 5.76. The van der Waals surface area contributed by atoms with Crippen LogP contribution in [0, 0.1) is 12.3 Å². The quantitative estimate of drug-likeness (QED) is 0.822. The highest BCUT2D eigenvalue weighted by Gasteiger charge is 2.36. The lowest BCUT2D eigenvalue weighted by Gasteiger charge is -2.38. The first-order valence-electron chi connectivity index (χ1n) is 7.95. The summed E-state index contributed by atoms with van der Waals surface area (Å²) in [4.78, 5) is 19.3. The summed E-state index contributed by atoms with van der Waals surface area (Å²) in [5, 5.41) is 6.37. The highest BCUT2D eigenvalue weighted by atomic mass is 32.1. The SMILES string of the molecule is CCN1CCC[C@@](C)(C(=O)NCCCc2nc(C)cs2)C1. The number of hydrogen-bond donors (Lipinski definition) is 1. The molecule has 118 valence electrons. The molecular formula is C16H27N3OS. The Hall–Kier alpha value is -0.940. The predicted octanol–water partition coefficient (Wildman–Crippen LogP) is 2.62. The van der Waals surface area contributed by atoms with E-state index in [2.05, 4.69) is 34.4 Å². The molecule has 2 rings (SSSR count). The first-order chi connectivity index (χ1) is 10.0. The fourth-order valence-corrected chi connectivity index (χ4v) is 3.79. The van der Waals surface area contributed by atoms with Crippen molar-refractivity contribution in [2.45, 2.75) is 46.5 Å². The molecule has 1 amide bonds. The van der Waals surface area contributed by atoms with Crippen molar-refractivity contribution in [3.8, 4) is 0 Å². The third kappa shape index (κ3) is 4.51. The molecule has 1 fully saturated rings. The van der Waals surface area contributed by atoms with Crippen LogP contribution < -0.4 is 5.32 Å². The average Bonchev–Trinajstić information content (AvgIpc) is 2.89. The number of aromatic nitrogens is 1. The summed E-state index contributed by atoms with van der Waals surface area (Å²) in [7, 11) is 0. The highest BCUT2D eigenvalue weighted by molar-refractivity contribution is 7.09. The minimum absolute atomic E-state index is 0.216. The summed E-state index contributed by atoms with van der Waals surface area (Å²) < 4.78 is 0. The van der Waals surface area contributed by atoms with E-state index in [-0.39, 0.29) is 11.3 Å². The van der Waals surface area contributed by atoms with Gasteiger partial charge in [0.25, 0.3) is 0 Å². The summed E-state index contributed by atoms with van der Waals surface area (Å²) in [5.41, 5.74) is 0.875. The Bertz CT molecular complexity index is 474. The molecule has 1 aliphatic heterocycles. The number of nitrogens with one attached hydrogen (secondary N) is 1. The topological polar surface area (TPSA) is 45.2 Å². The van der Waals surface area contributed by atoms with Crippen molar-refractivity contribution in [2.75, 3.05) is 26.2 Å². The van der Waals surface area contributed by atoms with Crippen LogP contribution in [0.5, 0.6) is 0 Å². The van der Waals surface area contributed by atoms with Crippen LogP contribution in [0.1, 0.15) is 43.8 Å². The Morgan fingerprint density at radius 1 is 1.57 bits per heavy atom. The lowest BCUT2D eigenvalue weighted by molar-refractivity contribution is -0.133. The van der Waals surface area contributed by atoms with E-state index in [0.29, 0.717) is 0 Å². The van der Waals surface area contributed by atoms with Crippen molar-refractivity contribution in [2.24, 2.45) is 5.41 Å². The van der Waals surface area contributed by atoms with Crippen molar-refractivity contribution in [3.63, 3.8) is 0 Å². The van der Waals surface area contributed by atoms with Gasteiger partial charge in [-0.2, -0.15) is 0 Å². The van der Waals surface area contributed by atoms with Crippen LogP contribution >= 0.6 is 11.3 Å². The minimum Gasteiger partial charge on any atom is -0.356 e. The van der Waals surface area contributed by atoms with Gasteiger partial charge in [0.05, 0.1) is 10.4 Å². The highest BCUT2D eigenvalue weighted by Crippen LogP contribution is 2.29. The first kappa shape index (κ1) is 16.4. The Balaban J connectivity index is 1.73. The lowest BCUT2D eigenvalue weighted by Crippen LogP contribution is -2.50. The monoisotopic (exact) mass is 309 g/mol. The van der Waals surface area contributed by atoms with Crippen LogP contribution in [0.2, 0.25) is 0 Å².